The van der Waals surface area contributed by atoms with E-state index in [1.165, 1.54) is 25.7 Å². The van der Waals surface area contributed by atoms with Gasteiger partial charge in [-0.1, -0.05) is 34.1 Å². The molecular formula is C14H29NO. The van der Waals surface area contributed by atoms with Crippen LogP contribution in [0.5, 0.6) is 0 Å². The van der Waals surface area contributed by atoms with Gasteiger partial charge >= 0.3 is 0 Å². The van der Waals surface area contributed by atoms with E-state index >= 15 is 0 Å². The van der Waals surface area contributed by atoms with Crippen molar-refractivity contribution in [1.29, 1.82) is 0 Å². The second kappa shape index (κ2) is 6.02. The molecule has 16 heavy (non-hydrogen) atoms. The van der Waals surface area contributed by atoms with Gasteiger partial charge < -0.3 is 10.1 Å². The van der Waals surface area contributed by atoms with Gasteiger partial charge in [-0.25, -0.2) is 0 Å². The van der Waals surface area contributed by atoms with Gasteiger partial charge in [-0.05, 0) is 32.7 Å². The summed E-state index contributed by atoms with van der Waals surface area (Å²) >= 11 is 0. The van der Waals surface area contributed by atoms with E-state index in [1.807, 2.05) is 0 Å². The van der Waals surface area contributed by atoms with E-state index in [4.69, 9.17) is 4.74 Å². The molecule has 0 aromatic carbocycles. The highest BCUT2D eigenvalue weighted by Gasteiger charge is 2.48. The predicted octanol–water partition coefficient (Wildman–Crippen LogP) is 3.36. The van der Waals surface area contributed by atoms with E-state index in [-0.39, 0.29) is 0 Å². The molecule has 2 heteroatoms. The molecule has 1 rings (SSSR count). The monoisotopic (exact) mass is 227 g/mol. The molecule has 0 spiro atoms. The molecule has 1 aliphatic carbocycles. The van der Waals surface area contributed by atoms with E-state index in [1.54, 1.807) is 0 Å². The summed E-state index contributed by atoms with van der Waals surface area (Å²) in [6.45, 7) is 12.4. The highest BCUT2D eigenvalue weighted by molar-refractivity contribution is 5.02. The molecule has 1 aliphatic rings. The van der Waals surface area contributed by atoms with Gasteiger partial charge in [-0.3, -0.25) is 0 Å². The van der Waals surface area contributed by atoms with Gasteiger partial charge in [0, 0.05) is 11.5 Å². The molecule has 0 saturated heterocycles. The Bertz CT molecular complexity index is 203. The third-order valence-corrected chi connectivity index (χ3v) is 3.91. The first-order chi connectivity index (χ1) is 7.52. The average Bonchev–Trinajstić information content (AvgIpc) is 2.22. The van der Waals surface area contributed by atoms with Crippen LogP contribution in [0, 0.1) is 5.41 Å². The lowest BCUT2D eigenvalue weighted by atomic mass is 9.64. The highest BCUT2D eigenvalue weighted by atomic mass is 16.5. The van der Waals surface area contributed by atoms with Crippen molar-refractivity contribution in [3.63, 3.8) is 0 Å². The Balaban J connectivity index is 2.32. The Kier molecular flexibility index (Phi) is 5.26. The van der Waals surface area contributed by atoms with Crippen LogP contribution < -0.4 is 5.32 Å². The van der Waals surface area contributed by atoms with Gasteiger partial charge in [0.2, 0.25) is 0 Å². The lowest BCUT2D eigenvalue weighted by Gasteiger charge is -2.52. The summed E-state index contributed by atoms with van der Waals surface area (Å²) in [5, 5.41) is 3.61. The lowest BCUT2D eigenvalue weighted by Crippen LogP contribution is -2.61. The topological polar surface area (TPSA) is 21.3 Å². The van der Waals surface area contributed by atoms with Crippen molar-refractivity contribution < 1.29 is 4.74 Å². The molecule has 0 heterocycles. The molecule has 1 saturated carbocycles. The van der Waals surface area contributed by atoms with Crippen molar-refractivity contribution >= 4 is 0 Å². The Morgan fingerprint density at radius 1 is 1.31 bits per heavy atom. The summed E-state index contributed by atoms with van der Waals surface area (Å²) in [6.07, 6.45) is 5.65. The highest BCUT2D eigenvalue weighted by Crippen LogP contribution is 2.43. The summed E-state index contributed by atoms with van der Waals surface area (Å²) in [6, 6.07) is 0.645. The molecule has 96 valence electrons. The lowest BCUT2D eigenvalue weighted by molar-refractivity contribution is -0.144. The standard InChI is InChI=1S/C14H29NO/c1-6-8-11(3)16-13-10-12(14(13,4)5)15-9-7-2/h11-13,15H,6-10H2,1-5H3. The first-order valence-electron chi connectivity index (χ1n) is 6.91. The van der Waals surface area contributed by atoms with Crippen LogP contribution >= 0.6 is 0 Å². The normalized spacial score (nSPS) is 29.8. The van der Waals surface area contributed by atoms with Crippen LogP contribution in [-0.4, -0.2) is 24.8 Å². The molecule has 0 radical (unpaired) electrons. The summed E-state index contributed by atoms with van der Waals surface area (Å²) < 4.78 is 6.11. The van der Waals surface area contributed by atoms with Crippen molar-refractivity contribution in [2.45, 2.75) is 78.6 Å². The third kappa shape index (κ3) is 3.21. The molecule has 0 aliphatic heterocycles. The van der Waals surface area contributed by atoms with Crippen LogP contribution in [-0.2, 0) is 4.74 Å². The van der Waals surface area contributed by atoms with Crippen LogP contribution in [0.3, 0.4) is 0 Å². The Labute approximate surface area is 101 Å². The Morgan fingerprint density at radius 2 is 2.00 bits per heavy atom. The SMILES string of the molecule is CCCNC1CC(OC(C)CCC)C1(C)C. The summed E-state index contributed by atoms with van der Waals surface area (Å²) in [5.41, 5.74) is 0.303. The van der Waals surface area contributed by atoms with Crippen molar-refractivity contribution in [3.05, 3.63) is 0 Å². The van der Waals surface area contributed by atoms with Crippen molar-refractivity contribution in [1.82, 2.24) is 5.32 Å². The maximum absolute atomic E-state index is 6.11. The number of ether oxygens (including phenoxy) is 1. The maximum Gasteiger partial charge on any atom is 0.0659 e. The molecule has 2 nitrogen and oxygen atoms in total. The minimum Gasteiger partial charge on any atom is -0.375 e. The van der Waals surface area contributed by atoms with Gasteiger partial charge in [0.25, 0.3) is 0 Å². The van der Waals surface area contributed by atoms with Crippen molar-refractivity contribution in [3.8, 4) is 0 Å². The fourth-order valence-corrected chi connectivity index (χ4v) is 2.54. The Hall–Kier alpha value is -0.0800. The molecule has 0 aromatic heterocycles. The molecule has 0 bridgehead atoms. The minimum atomic E-state index is 0.303. The third-order valence-electron chi connectivity index (χ3n) is 3.91. The van der Waals surface area contributed by atoms with E-state index in [9.17, 15) is 0 Å². The van der Waals surface area contributed by atoms with E-state index < -0.39 is 0 Å². The van der Waals surface area contributed by atoms with Crippen LogP contribution in [0.15, 0.2) is 0 Å². The fraction of sp³-hybridized carbons (Fsp3) is 1.00. The fourth-order valence-electron chi connectivity index (χ4n) is 2.54. The van der Waals surface area contributed by atoms with Crippen LogP contribution in [0.1, 0.15) is 60.3 Å². The molecule has 1 fully saturated rings. The number of nitrogens with one attached hydrogen (secondary N) is 1. The summed E-state index contributed by atoms with van der Waals surface area (Å²) in [5.74, 6) is 0. The van der Waals surface area contributed by atoms with Crippen LogP contribution in [0.2, 0.25) is 0 Å². The minimum absolute atomic E-state index is 0.303. The molecule has 1 N–H and O–H groups in total. The number of rotatable bonds is 7. The first kappa shape index (κ1) is 14.0. The average molecular weight is 227 g/mol. The van der Waals surface area contributed by atoms with Crippen LogP contribution in [0.4, 0.5) is 0 Å². The van der Waals surface area contributed by atoms with Gasteiger partial charge in [0.15, 0.2) is 0 Å². The largest absolute Gasteiger partial charge is 0.375 e. The van der Waals surface area contributed by atoms with E-state index in [0.717, 1.165) is 6.54 Å². The summed E-state index contributed by atoms with van der Waals surface area (Å²) in [7, 11) is 0. The van der Waals surface area contributed by atoms with Gasteiger partial charge in [0.05, 0.1) is 12.2 Å². The van der Waals surface area contributed by atoms with Crippen LogP contribution in [0.25, 0.3) is 0 Å². The first-order valence-corrected chi connectivity index (χ1v) is 6.91. The number of hydrogen-bond acceptors (Lipinski definition) is 2. The molecule has 3 unspecified atom stereocenters. The molecule has 0 aromatic rings. The molecule has 3 atom stereocenters. The second-order valence-corrected chi connectivity index (χ2v) is 5.79. The maximum atomic E-state index is 6.11. The van der Waals surface area contributed by atoms with Gasteiger partial charge in [-0.2, -0.15) is 0 Å². The zero-order valence-electron chi connectivity index (χ0n) is 11.7. The predicted molar refractivity (Wildman–Crippen MR) is 69.7 cm³/mol. The Morgan fingerprint density at radius 3 is 2.50 bits per heavy atom. The van der Waals surface area contributed by atoms with E-state index in [0.29, 0.717) is 23.7 Å². The van der Waals surface area contributed by atoms with Gasteiger partial charge in [-0.15, -0.1) is 0 Å². The molecule has 0 amide bonds. The zero-order valence-corrected chi connectivity index (χ0v) is 11.7. The quantitative estimate of drug-likeness (QED) is 0.720. The van der Waals surface area contributed by atoms with E-state index in [2.05, 4.69) is 39.9 Å². The zero-order chi connectivity index (χ0) is 12.2. The summed E-state index contributed by atoms with van der Waals surface area (Å²) in [4.78, 5) is 0. The number of hydrogen-bond donors (Lipinski definition) is 1. The van der Waals surface area contributed by atoms with Crippen molar-refractivity contribution in [2.24, 2.45) is 5.41 Å². The molecular weight excluding hydrogens is 198 g/mol. The second-order valence-electron chi connectivity index (χ2n) is 5.79. The smallest absolute Gasteiger partial charge is 0.0659 e. The van der Waals surface area contributed by atoms with Crippen molar-refractivity contribution in [2.75, 3.05) is 6.54 Å². The van der Waals surface area contributed by atoms with Gasteiger partial charge in [0.1, 0.15) is 0 Å².